The summed E-state index contributed by atoms with van der Waals surface area (Å²) in [7, 11) is 0. The van der Waals surface area contributed by atoms with Crippen LogP contribution in [0.3, 0.4) is 0 Å². The molecule has 0 aliphatic heterocycles. The van der Waals surface area contributed by atoms with Crippen molar-refractivity contribution in [3.05, 3.63) is 6.07 Å². The Kier molecular flexibility index (Phi) is 10.0. The van der Waals surface area contributed by atoms with Crippen molar-refractivity contribution in [2.24, 2.45) is 11.8 Å². The molecule has 1 fully saturated rings. The molecule has 5 N–H and O–H groups in total. The van der Waals surface area contributed by atoms with E-state index in [1.165, 1.54) is 22.4 Å². The summed E-state index contributed by atoms with van der Waals surface area (Å²) >= 11 is 1.20. The van der Waals surface area contributed by atoms with E-state index in [1.807, 2.05) is 0 Å². The fourth-order valence-electron chi connectivity index (χ4n) is 3.84. The van der Waals surface area contributed by atoms with Crippen LogP contribution < -0.4 is 5.32 Å². The number of carbonyl (C=O) groups excluding carboxylic acids is 1. The zero-order valence-electron chi connectivity index (χ0n) is 17.6. The van der Waals surface area contributed by atoms with Crippen LogP contribution in [-0.2, 0) is 20.9 Å². The van der Waals surface area contributed by atoms with Gasteiger partial charge >= 0.3 is 11.9 Å². The van der Waals surface area contributed by atoms with Crippen LogP contribution in [0.2, 0.25) is 0 Å². The molecule has 0 radical (unpaired) electrons. The number of carboxylic acids is 2. The molecule has 0 atom stereocenters. The predicted octanol–water partition coefficient (Wildman–Crippen LogP) is 3.03. The summed E-state index contributed by atoms with van der Waals surface area (Å²) in [6, 6.07) is 1.46. The maximum absolute atomic E-state index is 12.3. The summed E-state index contributed by atoms with van der Waals surface area (Å²) in [5.74, 6) is -1.24. The van der Waals surface area contributed by atoms with Crippen LogP contribution in [0.5, 0.6) is 11.8 Å². The van der Waals surface area contributed by atoms with Crippen LogP contribution in [0.1, 0.15) is 57.8 Å². The van der Waals surface area contributed by atoms with E-state index in [2.05, 4.69) is 5.32 Å². The van der Waals surface area contributed by atoms with Crippen molar-refractivity contribution in [2.45, 2.75) is 69.2 Å². The van der Waals surface area contributed by atoms with Crippen LogP contribution in [0.15, 0.2) is 11.0 Å². The molecule has 31 heavy (non-hydrogen) atoms. The zero-order chi connectivity index (χ0) is 22.8. The number of hydrogen-bond donors (Lipinski definition) is 5. The second kappa shape index (κ2) is 12.5. The van der Waals surface area contributed by atoms with Gasteiger partial charge in [0, 0.05) is 37.2 Å². The number of carbonyl (C=O) groups is 3. The highest BCUT2D eigenvalue weighted by molar-refractivity contribution is 7.99. The standard InChI is InChI=1S/C21H32N2O7S/c24-17-12-16(31-11-9-19(27)28)21(30)23(17)13-14-5-7-15(8-6-14)20(29)22-10-3-1-2-4-18(25)26/h12,14-15,24,30H,1-11,13H2,(H,22,29)(H,25,26)(H,27,28). The minimum atomic E-state index is -0.908. The van der Waals surface area contributed by atoms with Crippen LogP contribution in [0.4, 0.5) is 0 Å². The van der Waals surface area contributed by atoms with Crippen LogP contribution >= 0.6 is 11.8 Å². The summed E-state index contributed by atoms with van der Waals surface area (Å²) in [6.45, 7) is 1.01. The fourth-order valence-corrected chi connectivity index (χ4v) is 4.76. The molecule has 1 amide bonds. The van der Waals surface area contributed by atoms with Gasteiger partial charge in [-0.2, -0.15) is 0 Å². The molecule has 174 valence electrons. The molecule has 10 heteroatoms. The van der Waals surface area contributed by atoms with Crippen LogP contribution in [0, 0.1) is 11.8 Å². The molecule has 0 aromatic carbocycles. The lowest BCUT2D eigenvalue weighted by molar-refractivity contribution is -0.137. The number of thioether (sulfide) groups is 1. The molecule has 0 saturated heterocycles. The summed E-state index contributed by atoms with van der Waals surface area (Å²) in [5, 5.41) is 40.8. The van der Waals surface area contributed by atoms with E-state index < -0.39 is 11.9 Å². The van der Waals surface area contributed by atoms with Gasteiger partial charge in [-0.3, -0.25) is 19.0 Å². The maximum Gasteiger partial charge on any atom is 0.304 e. The summed E-state index contributed by atoms with van der Waals surface area (Å²) in [5.41, 5.74) is 0. The Morgan fingerprint density at radius 2 is 1.68 bits per heavy atom. The maximum atomic E-state index is 12.3. The highest BCUT2D eigenvalue weighted by atomic mass is 32.2. The minimum Gasteiger partial charge on any atom is -0.494 e. The second-order valence-corrected chi connectivity index (χ2v) is 9.14. The average Bonchev–Trinajstić information content (AvgIpc) is 2.98. The highest BCUT2D eigenvalue weighted by Crippen LogP contribution is 2.38. The van der Waals surface area contributed by atoms with E-state index in [0.29, 0.717) is 30.2 Å². The van der Waals surface area contributed by atoms with Crippen molar-refractivity contribution in [3.63, 3.8) is 0 Å². The van der Waals surface area contributed by atoms with Crippen molar-refractivity contribution >= 4 is 29.6 Å². The lowest BCUT2D eigenvalue weighted by atomic mass is 9.81. The molecular weight excluding hydrogens is 424 g/mol. The van der Waals surface area contributed by atoms with E-state index >= 15 is 0 Å². The lowest BCUT2D eigenvalue weighted by Crippen LogP contribution is -2.34. The first-order chi connectivity index (χ1) is 14.8. The number of carboxylic acid groups (broad SMARTS) is 2. The van der Waals surface area contributed by atoms with E-state index in [9.17, 15) is 24.6 Å². The topological polar surface area (TPSA) is 149 Å². The Bertz CT molecular complexity index is 757. The summed E-state index contributed by atoms with van der Waals surface area (Å²) in [4.78, 5) is 33.9. The molecule has 1 aliphatic rings. The fraction of sp³-hybridized carbons (Fsp3) is 0.667. The number of hydrogen-bond acceptors (Lipinski definition) is 6. The molecular formula is C21H32N2O7S. The Morgan fingerprint density at radius 1 is 1.00 bits per heavy atom. The van der Waals surface area contributed by atoms with Gasteiger partial charge in [-0.25, -0.2) is 0 Å². The Morgan fingerprint density at radius 3 is 2.32 bits per heavy atom. The minimum absolute atomic E-state index is 0.0234. The van der Waals surface area contributed by atoms with Gasteiger partial charge < -0.3 is 25.7 Å². The van der Waals surface area contributed by atoms with Gasteiger partial charge in [0.05, 0.1) is 11.3 Å². The molecule has 9 nitrogen and oxygen atoms in total. The Labute approximate surface area is 185 Å². The number of amides is 1. The lowest BCUT2D eigenvalue weighted by Gasteiger charge is -2.28. The Balaban J connectivity index is 1.71. The van der Waals surface area contributed by atoms with Crippen molar-refractivity contribution in [3.8, 4) is 11.8 Å². The number of aromatic nitrogens is 1. The first-order valence-electron chi connectivity index (χ1n) is 10.7. The Hall–Kier alpha value is -2.36. The highest BCUT2D eigenvalue weighted by Gasteiger charge is 2.27. The second-order valence-electron chi connectivity index (χ2n) is 8.01. The SMILES string of the molecule is O=C(O)CCCCCNC(=O)C1CCC(Cn2c(O)cc(SCCC(=O)O)c2O)CC1. The molecule has 1 heterocycles. The molecule has 1 aromatic heterocycles. The van der Waals surface area contributed by atoms with Crippen molar-refractivity contribution in [2.75, 3.05) is 12.3 Å². The molecule has 0 spiro atoms. The first-order valence-corrected chi connectivity index (χ1v) is 11.7. The third-order valence-electron chi connectivity index (χ3n) is 5.61. The average molecular weight is 457 g/mol. The van der Waals surface area contributed by atoms with Gasteiger partial charge in [0.1, 0.15) is 0 Å². The molecule has 1 saturated carbocycles. The summed E-state index contributed by atoms with van der Waals surface area (Å²) < 4.78 is 1.45. The van der Waals surface area contributed by atoms with E-state index in [-0.39, 0.29) is 42.3 Å². The van der Waals surface area contributed by atoms with Crippen molar-refractivity contribution in [1.82, 2.24) is 9.88 Å². The summed E-state index contributed by atoms with van der Waals surface area (Å²) in [6.07, 6.45) is 5.43. The van der Waals surface area contributed by atoms with Crippen LogP contribution in [0.25, 0.3) is 0 Å². The van der Waals surface area contributed by atoms with Gasteiger partial charge in [-0.05, 0) is 44.4 Å². The molecule has 2 rings (SSSR count). The third kappa shape index (κ3) is 8.35. The number of unbranched alkanes of at least 4 members (excludes halogenated alkanes) is 2. The van der Waals surface area contributed by atoms with Gasteiger partial charge in [0.2, 0.25) is 11.8 Å². The number of rotatable bonds is 13. The van der Waals surface area contributed by atoms with E-state index in [4.69, 9.17) is 10.2 Å². The number of aliphatic carboxylic acids is 2. The molecule has 1 aliphatic carbocycles. The molecule has 0 bridgehead atoms. The predicted molar refractivity (Wildman–Crippen MR) is 115 cm³/mol. The van der Waals surface area contributed by atoms with Gasteiger partial charge in [-0.15, -0.1) is 11.8 Å². The van der Waals surface area contributed by atoms with Crippen molar-refractivity contribution < 1.29 is 34.8 Å². The molecule has 0 unspecified atom stereocenters. The first kappa shape index (κ1) is 24.9. The number of nitrogens with one attached hydrogen (secondary N) is 1. The zero-order valence-corrected chi connectivity index (χ0v) is 18.4. The van der Waals surface area contributed by atoms with E-state index in [0.717, 1.165) is 38.5 Å². The number of aromatic hydroxyl groups is 2. The quantitative estimate of drug-likeness (QED) is 0.225. The smallest absolute Gasteiger partial charge is 0.304 e. The third-order valence-corrected chi connectivity index (χ3v) is 6.63. The van der Waals surface area contributed by atoms with Gasteiger partial charge in [0.25, 0.3) is 0 Å². The van der Waals surface area contributed by atoms with Crippen molar-refractivity contribution in [1.29, 1.82) is 0 Å². The monoisotopic (exact) mass is 456 g/mol. The largest absolute Gasteiger partial charge is 0.494 e. The van der Waals surface area contributed by atoms with Crippen LogP contribution in [-0.4, -0.2) is 55.1 Å². The molecule has 1 aromatic rings. The van der Waals surface area contributed by atoms with Gasteiger partial charge in [0.15, 0.2) is 5.88 Å². The van der Waals surface area contributed by atoms with Gasteiger partial charge in [-0.1, -0.05) is 6.42 Å². The van der Waals surface area contributed by atoms with E-state index in [1.54, 1.807) is 0 Å². The normalized spacial score (nSPS) is 18.6. The number of nitrogens with zero attached hydrogens (tertiary/aromatic N) is 1.